The van der Waals surface area contributed by atoms with Gasteiger partial charge in [-0.1, -0.05) is 59.6 Å². The Morgan fingerprint density at radius 3 is 2.55 bits per heavy atom. The Hall–Kier alpha value is -3.85. The number of halogens is 2. The highest BCUT2D eigenvalue weighted by Crippen LogP contribution is 2.37. The Morgan fingerprint density at radius 1 is 1.02 bits per heavy atom. The highest BCUT2D eigenvalue weighted by Gasteiger charge is 2.30. The van der Waals surface area contributed by atoms with Gasteiger partial charge in [0.05, 0.1) is 30.2 Å². The lowest BCUT2D eigenvalue weighted by Crippen LogP contribution is -2.46. The van der Waals surface area contributed by atoms with Crippen LogP contribution in [0.1, 0.15) is 51.2 Å². The summed E-state index contributed by atoms with van der Waals surface area (Å²) in [5.74, 6) is -0.569. The van der Waals surface area contributed by atoms with Gasteiger partial charge in [0, 0.05) is 40.7 Å². The van der Waals surface area contributed by atoms with Crippen LogP contribution in [0.5, 0.6) is 5.75 Å². The maximum Gasteiger partial charge on any atom is 0.255 e. The van der Waals surface area contributed by atoms with Crippen LogP contribution in [0.25, 0.3) is 0 Å². The molecule has 0 spiro atoms. The van der Waals surface area contributed by atoms with E-state index in [1.807, 2.05) is 36.4 Å². The molecule has 2 heterocycles. The van der Waals surface area contributed by atoms with Gasteiger partial charge in [-0.05, 0) is 47.9 Å². The number of aromatic nitrogens is 2. The van der Waals surface area contributed by atoms with Crippen molar-refractivity contribution in [3.05, 3.63) is 117 Å². The first kappa shape index (κ1) is 27.7. The Balaban J connectivity index is 1.36. The summed E-state index contributed by atoms with van der Waals surface area (Å²) in [7, 11) is 0. The van der Waals surface area contributed by atoms with Crippen molar-refractivity contribution in [1.82, 2.24) is 20.6 Å². The van der Waals surface area contributed by atoms with Gasteiger partial charge in [0.2, 0.25) is 5.91 Å². The van der Waals surface area contributed by atoms with Crippen LogP contribution in [-0.4, -0.2) is 34.4 Å². The fraction of sp³-hybridized carbons (Fsp3) is 0.233. The van der Waals surface area contributed by atoms with Crippen LogP contribution in [0.15, 0.2) is 79.3 Å². The minimum absolute atomic E-state index is 0.0898. The molecule has 3 atom stereocenters. The number of amides is 2. The SMILES string of the molecule is NC(=O)[C@H](Cc1ccc(Cl)cc1)NC(=O)c1cccc2c1OCCC2NC(Cc1cccc(Cl)c1)c1cnc[nH]1. The van der Waals surface area contributed by atoms with Gasteiger partial charge in [-0.3, -0.25) is 9.59 Å². The highest BCUT2D eigenvalue weighted by molar-refractivity contribution is 6.30. The molecule has 0 fully saturated rings. The van der Waals surface area contributed by atoms with Gasteiger partial charge in [-0.2, -0.15) is 0 Å². The second kappa shape index (κ2) is 12.6. The summed E-state index contributed by atoms with van der Waals surface area (Å²) in [5.41, 5.74) is 9.69. The van der Waals surface area contributed by atoms with E-state index in [9.17, 15) is 9.59 Å². The van der Waals surface area contributed by atoms with E-state index >= 15 is 0 Å². The van der Waals surface area contributed by atoms with Gasteiger partial charge in [0.1, 0.15) is 11.8 Å². The first-order chi connectivity index (χ1) is 19.4. The Labute approximate surface area is 242 Å². The minimum Gasteiger partial charge on any atom is -0.492 e. The third kappa shape index (κ3) is 6.65. The largest absolute Gasteiger partial charge is 0.492 e. The number of benzene rings is 3. The molecule has 5 rings (SSSR count). The van der Waals surface area contributed by atoms with Gasteiger partial charge >= 0.3 is 0 Å². The Bertz CT molecular complexity index is 1480. The quantitative estimate of drug-likeness (QED) is 0.212. The van der Waals surface area contributed by atoms with Crippen LogP contribution in [-0.2, 0) is 17.6 Å². The van der Waals surface area contributed by atoms with Crippen LogP contribution in [0.2, 0.25) is 10.0 Å². The molecule has 0 saturated heterocycles. The van der Waals surface area contributed by atoms with E-state index in [0.29, 0.717) is 40.8 Å². The van der Waals surface area contributed by atoms with Crippen LogP contribution in [0.3, 0.4) is 0 Å². The number of H-pyrrole nitrogens is 1. The number of carbonyl (C=O) groups is 2. The molecular weight excluding hydrogens is 549 g/mol. The maximum absolute atomic E-state index is 13.4. The van der Waals surface area contributed by atoms with E-state index in [1.165, 1.54) is 0 Å². The standard InChI is InChI=1S/C30H29Cl2N5O3/c31-20-9-7-18(8-10-20)14-26(29(33)38)37-30(39)23-6-2-5-22-24(11-12-40-28(22)23)36-25(27-16-34-17-35-27)15-19-3-1-4-21(32)13-19/h1-10,13,16-17,24-26,36H,11-12,14-15H2,(H2,33,38)(H,34,35)(H,37,39)/t24?,25?,26-/m0/s1. The topological polar surface area (TPSA) is 122 Å². The number of hydrogen-bond acceptors (Lipinski definition) is 5. The summed E-state index contributed by atoms with van der Waals surface area (Å²) in [6.07, 6.45) is 5.09. The fourth-order valence-corrected chi connectivity index (χ4v) is 5.29. The number of para-hydroxylation sites is 1. The molecule has 0 radical (unpaired) electrons. The van der Waals surface area contributed by atoms with Crippen molar-refractivity contribution in [3.63, 3.8) is 0 Å². The lowest BCUT2D eigenvalue weighted by molar-refractivity contribution is -0.119. The number of carbonyl (C=O) groups excluding carboxylic acids is 2. The number of nitrogens with zero attached hydrogens (tertiary/aromatic N) is 1. The van der Waals surface area contributed by atoms with E-state index in [1.54, 1.807) is 42.9 Å². The fourth-order valence-electron chi connectivity index (χ4n) is 4.95. The van der Waals surface area contributed by atoms with E-state index < -0.39 is 17.9 Å². The first-order valence-corrected chi connectivity index (χ1v) is 13.7. The molecule has 1 aromatic heterocycles. The van der Waals surface area contributed by atoms with E-state index in [4.69, 9.17) is 33.7 Å². The Morgan fingerprint density at radius 2 is 1.82 bits per heavy atom. The van der Waals surface area contributed by atoms with E-state index in [-0.39, 0.29) is 18.5 Å². The number of aromatic amines is 1. The predicted molar refractivity (Wildman–Crippen MR) is 155 cm³/mol. The van der Waals surface area contributed by atoms with Crippen molar-refractivity contribution in [1.29, 1.82) is 0 Å². The van der Waals surface area contributed by atoms with Gasteiger partial charge in [-0.25, -0.2) is 4.98 Å². The molecular formula is C30H29Cl2N5O3. The number of imidazole rings is 1. The highest BCUT2D eigenvalue weighted by atomic mass is 35.5. The molecule has 5 N–H and O–H groups in total. The van der Waals surface area contributed by atoms with Crippen LogP contribution in [0, 0.1) is 0 Å². The monoisotopic (exact) mass is 577 g/mol. The maximum atomic E-state index is 13.4. The zero-order chi connectivity index (χ0) is 28.1. The van der Waals surface area contributed by atoms with Crippen molar-refractivity contribution in [2.75, 3.05) is 6.61 Å². The number of nitrogens with two attached hydrogens (primary N) is 1. The summed E-state index contributed by atoms with van der Waals surface area (Å²) in [5, 5.41) is 7.79. The van der Waals surface area contributed by atoms with Gasteiger partial charge in [0.15, 0.2) is 0 Å². The Kier molecular flexibility index (Phi) is 8.69. The molecule has 8 nitrogen and oxygen atoms in total. The number of primary amides is 1. The van der Waals surface area contributed by atoms with Gasteiger partial charge < -0.3 is 26.1 Å². The molecule has 1 aliphatic heterocycles. The molecule has 0 saturated carbocycles. The minimum atomic E-state index is -0.899. The zero-order valence-electron chi connectivity index (χ0n) is 21.6. The molecule has 0 bridgehead atoms. The molecule has 40 heavy (non-hydrogen) atoms. The number of hydrogen-bond donors (Lipinski definition) is 4. The normalized spacial score (nSPS) is 15.9. The number of ether oxygens (including phenoxy) is 1. The molecule has 10 heteroatoms. The second-order valence-electron chi connectivity index (χ2n) is 9.73. The van der Waals surface area contributed by atoms with E-state index in [2.05, 4.69) is 20.6 Å². The second-order valence-corrected chi connectivity index (χ2v) is 10.6. The van der Waals surface area contributed by atoms with Crippen LogP contribution in [0.4, 0.5) is 0 Å². The number of fused-ring (bicyclic) bond motifs is 1. The zero-order valence-corrected chi connectivity index (χ0v) is 23.1. The molecule has 1 aliphatic rings. The average Bonchev–Trinajstić information content (AvgIpc) is 3.48. The molecule has 206 valence electrons. The lowest BCUT2D eigenvalue weighted by atomic mass is 9.94. The third-order valence-electron chi connectivity index (χ3n) is 6.95. The molecule has 3 aromatic carbocycles. The average molecular weight is 579 g/mol. The summed E-state index contributed by atoms with van der Waals surface area (Å²) in [6, 6.07) is 19.2. The number of nitrogens with one attached hydrogen (secondary N) is 3. The molecule has 0 aliphatic carbocycles. The number of rotatable bonds is 10. The lowest BCUT2D eigenvalue weighted by Gasteiger charge is -2.31. The van der Waals surface area contributed by atoms with Crippen molar-refractivity contribution < 1.29 is 14.3 Å². The summed E-state index contributed by atoms with van der Waals surface area (Å²) in [6.45, 7) is 0.422. The van der Waals surface area contributed by atoms with E-state index in [0.717, 1.165) is 22.4 Å². The molecule has 4 aromatic rings. The predicted octanol–water partition coefficient (Wildman–Crippen LogP) is 4.94. The van der Waals surface area contributed by atoms with Crippen molar-refractivity contribution >= 4 is 35.0 Å². The van der Waals surface area contributed by atoms with Gasteiger partial charge in [0.25, 0.3) is 5.91 Å². The van der Waals surface area contributed by atoms with Crippen LogP contribution < -0.4 is 21.1 Å². The third-order valence-corrected chi connectivity index (χ3v) is 7.43. The summed E-state index contributed by atoms with van der Waals surface area (Å²) in [4.78, 5) is 33.0. The summed E-state index contributed by atoms with van der Waals surface area (Å²) < 4.78 is 6.02. The summed E-state index contributed by atoms with van der Waals surface area (Å²) >= 11 is 12.2. The molecule has 2 unspecified atom stereocenters. The van der Waals surface area contributed by atoms with Crippen molar-refractivity contribution in [2.45, 2.75) is 37.4 Å². The van der Waals surface area contributed by atoms with Crippen molar-refractivity contribution in [2.24, 2.45) is 5.73 Å². The smallest absolute Gasteiger partial charge is 0.255 e. The van der Waals surface area contributed by atoms with Crippen molar-refractivity contribution in [3.8, 4) is 5.75 Å². The molecule has 2 amide bonds. The first-order valence-electron chi connectivity index (χ1n) is 13.0. The van der Waals surface area contributed by atoms with Crippen LogP contribution >= 0.6 is 23.2 Å². The van der Waals surface area contributed by atoms with Gasteiger partial charge in [-0.15, -0.1) is 0 Å².